The molecule has 0 saturated carbocycles. The molecule has 0 aromatic carbocycles. The van der Waals surface area contributed by atoms with E-state index in [1.807, 2.05) is 19.1 Å². The molecule has 2 aromatic rings. The molecule has 2 rings (SSSR count). The third kappa shape index (κ3) is 3.07. The number of aromatic nitrogens is 3. The molecule has 0 aliphatic rings. The summed E-state index contributed by atoms with van der Waals surface area (Å²) in [6.07, 6.45) is 7.05. The van der Waals surface area contributed by atoms with Crippen LogP contribution in [0.4, 0.5) is 0 Å². The van der Waals surface area contributed by atoms with Crippen LogP contribution in [0.1, 0.15) is 29.9 Å². The molecule has 0 radical (unpaired) electrons. The molecular weight excluding hydrogens is 212 g/mol. The lowest BCUT2D eigenvalue weighted by atomic mass is 10.1. The van der Waals surface area contributed by atoms with Crippen molar-refractivity contribution in [2.75, 3.05) is 0 Å². The van der Waals surface area contributed by atoms with Gasteiger partial charge in [0, 0.05) is 37.4 Å². The van der Waals surface area contributed by atoms with Crippen molar-refractivity contribution in [1.82, 2.24) is 20.3 Å². The van der Waals surface area contributed by atoms with E-state index in [-0.39, 0.29) is 6.04 Å². The first-order valence-electron chi connectivity index (χ1n) is 5.67. The largest absolute Gasteiger partial charge is 0.305 e. The zero-order valence-corrected chi connectivity index (χ0v) is 10.1. The van der Waals surface area contributed by atoms with Crippen molar-refractivity contribution in [3.63, 3.8) is 0 Å². The maximum atomic E-state index is 4.35. The van der Waals surface area contributed by atoms with Crippen molar-refractivity contribution in [2.45, 2.75) is 26.4 Å². The Morgan fingerprint density at radius 2 is 1.82 bits per heavy atom. The summed E-state index contributed by atoms with van der Waals surface area (Å²) in [4.78, 5) is 12.6. The van der Waals surface area contributed by atoms with Crippen LogP contribution in [0.25, 0.3) is 0 Å². The summed E-state index contributed by atoms with van der Waals surface area (Å²) in [6.45, 7) is 4.88. The molecule has 17 heavy (non-hydrogen) atoms. The van der Waals surface area contributed by atoms with Gasteiger partial charge in [0.25, 0.3) is 0 Å². The Balaban J connectivity index is 1.99. The summed E-state index contributed by atoms with van der Waals surface area (Å²) in [5, 5.41) is 3.43. The molecule has 2 heterocycles. The van der Waals surface area contributed by atoms with E-state index in [2.05, 4.69) is 27.2 Å². The summed E-state index contributed by atoms with van der Waals surface area (Å²) >= 11 is 0. The number of nitrogens with zero attached hydrogens (tertiary/aromatic N) is 3. The highest BCUT2D eigenvalue weighted by Crippen LogP contribution is 2.12. The quantitative estimate of drug-likeness (QED) is 0.870. The molecule has 0 amide bonds. The van der Waals surface area contributed by atoms with Gasteiger partial charge in [-0.05, 0) is 31.5 Å². The monoisotopic (exact) mass is 228 g/mol. The van der Waals surface area contributed by atoms with Crippen LogP contribution in [0.3, 0.4) is 0 Å². The second kappa shape index (κ2) is 5.50. The van der Waals surface area contributed by atoms with Crippen LogP contribution >= 0.6 is 0 Å². The van der Waals surface area contributed by atoms with Gasteiger partial charge in [-0.15, -0.1) is 0 Å². The van der Waals surface area contributed by atoms with Crippen molar-refractivity contribution in [3.8, 4) is 0 Å². The lowest BCUT2D eigenvalue weighted by Crippen LogP contribution is -2.20. The molecule has 0 bridgehead atoms. The van der Waals surface area contributed by atoms with E-state index in [1.165, 1.54) is 5.56 Å². The smallest absolute Gasteiger partial charge is 0.0782 e. The van der Waals surface area contributed by atoms with Crippen LogP contribution in [0.2, 0.25) is 0 Å². The number of hydrogen-bond donors (Lipinski definition) is 1. The van der Waals surface area contributed by atoms with Crippen molar-refractivity contribution < 1.29 is 0 Å². The van der Waals surface area contributed by atoms with E-state index in [9.17, 15) is 0 Å². The maximum Gasteiger partial charge on any atom is 0.0782 e. The van der Waals surface area contributed by atoms with Crippen LogP contribution in [0.5, 0.6) is 0 Å². The second-order valence-electron chi connectivity index (χ2n) is 3.99. The Hall–Kier alpha value is -1.81. The summed E-state index contributed by atoms with van der Waals surface area (Å²) in [5.74, 6) is 0. The minimum atomic E-state index is 0.192. The molecule has 1 atom stereocenters. The maximum absolute atomic E-state index is 4.35. The molecule has 0 aliphatic carbocycles. The summed E-state index contributed by atoms with van der Waals surface area (Å²) in [7, 11) is 0. The highest BCUT2D eigenvalue weighted by Gasteiger charge is 2.09. The molecule has 2 aromatic heterocycles. The van der Waals surface area contributed by atoms with Gasteiger partial charge in [0.2, 0.25) is 0 Å². The topological polar surface area (TPSA) is 50.7 Å². The molecule has 4 heteroatoms. The van der Waals surface area contributed by atoms with Crippen LogP contribution < -0.4 is 5.32 Å². The van der Waals surface area contributed by atoms with E-state index >= 15 is 0 Å². The molecule has 4 nitrogen and oxygen atoms in total. The Morgan fingerprint density at radius 3 is 2.53 bits per heavy atom. The van der Waals surface area contributed by atoms with Crippen LogP contribution in [0, 0.1) is 6.92 Å². The summed E-state index contributed by atoms with van der Waals surface area (Å²) < 4.78 is 0. The van der Waals surface area contributed by atoms with Gasteiger partial charge in [-0.25, -0.2) is 0 Å². The first-order chi connectivity index (χ1) is 8.27. The van der Waals surface area contributed by atoms with Crippen LogP contribution in [-0.4, -0.2) is 15.0 Å². The average molecular weight is 228 g/mol. The SMILES string of the molecule is Cc1nccnc1C(C)NCc1ccncc1. The first-order valence-corrected chi connectivity index (χ1v) is 5.67. The van der Waals surface area contributed by atoms with Gasteiger partial charge < -0.3 is 5.32 Å². The zero-order chi connectivity index (χ0) is 12.1. The van der Waals surface area contributed by atoms with Gasteiger partial charge in [-0.2, -0.15) is 0 Å². The van der Waals surface area contributed by atoms with Crippen molar-refractivity contribution in [2.24, 2.45) is 0 Å². The van der Waals surface area contributed by atoms with E-state index in [0.29, 0.717) is 0 Å². The van der Waals surface area contributed by atoms with Crippen molar-refractivity contribution >= 4 is 0 Å². The molecule has 1 N–H and O–H groups in total. The Kier molecular flexibility index (Phi) is 3.77. The molecule has 0 saturated heterocycles. The molecule has 0 spiro atoms. The number of aryl methyl sites for hydroxylation is 1. The molecular formula is C13H16N4. The first kappa shape index (κ1) is 11.7. The predicted molar refractivity (Wildman–Crippen MR) is 66.3 cm³/mol. The number of hydrogen-bond acceptors (Lipinski definition) is 4. The van der Waals surface area contributed by atoms with Gasteiger partial charge in [0.1, 0.15) is 0 Å². The zero-order valence-electron chi connectivity index (χ0n) is 10.1. The van der Waals surface area contributed by atoms with Crippen LogP contribution in [0.15, 0.2) is 36.9 Å². The fourth-order valence-electron chi connectivity index (χ4n) is 1.71. The van der Waals surface area contributed by atoms with Crippen LogP contribution in [-0.2, 0) is 6.54 Å². The highest BCUT2D eigenvalue weighted by atomic mass is 14.9. The van der Waals surface area contributed by atoms with Gasteiger partial charge in [-0.3, -0.25) is 15.0 Å². The van der Waals surface area contributed by atoms with Gasteiger partial charge >= 0.3 is 0 Å². The standard InChI is InChI=1S/C13H16N4/c1-10-13(16-8-7-15-10)11(2)17-9-12-3-5-14-6-4-12/h3-8,11,17H,9H2,1-2H3. The second-order valence-corrected chi connectivity index (χ2v) is 3.99. The minimum Gasteiger partial charge on any atom is -0.305 e. The minimum absolute atomic E-state index is 0.192. The lowest BCUT2D eigenvalue weighted by Gasteiger charge is -2.14. The number of pyridine rings is 1. The van der Waals surface area contributed by atoms with Gasteiger partial charge in [0.05, 0.1) is 11.4 Å². The summed E-state index contributed by atoms with van der Waals surface area (Å²) in [5.41, 5.74) is 3.19. The number of nitrogens with one attached hydrogen (secondary N) is 1. The van der Waals surface area contributed by atoms with Crippen molar-refractivity contribution in [3.05, 3.63) is 53.9 Å². The third-order valence-corrected chi connectivity index (χ3v) is 2.69. The summed E-state index contributed by atoms with van der Waals surface area (Å²) in [6, 6.07) is 4.20. The van der Waals surface area contributed by atoms with Gasteiger partial charge in [-0.1, -0.05) is 0 Å². The van der Waals surface area contributed by atoms with E-state index < -0.39 is 0 Å². The molecule has 0 fully saturated rings. The average Bonchev–Trinajstić information content (AvgIpc) is 2.38. The normalized spacial score (nSPS) is 12.4. The molecule has 1 unspecified atom stereocenters. The fraction of sp³-hybridized carbons (Fsp3) is 0.308. The van der Waals surface area contributed by atoms with E-state index in [4.69, 9.17) is 0 Å². The fourth-order valence-corrected chi connectivity index (χ4v) is 1.71. The van der Waals surface area contributed by atoms with Gasteiger partial charge in [0.15, 0.2) is 0 Å². The predicted octanol–water partition coefficient (Wildman–Crippen LogP) is 2.03. The molecule has 88 valence electrons. The van der Waals surface area contributed by atoms with Crippen molar-refractivity contribution in [1.29, 1.82) is 0 Å². The Morgan fingerprint density at radius 1 is 1.12 bits per heavy atom. The third-order valence-electron chi connectivity index (χ3n) is 2.69. The van der Waals surface area contributed by atoms with E-state index in [0.717, 1.165) is 17.9 Å². The van der Waals surface area contributed by atoms with E-state index in [1.54, 1.807) is 24.8 Å². The highest BCUT2D eigenvalue weighted by molar-refractivity contribution is 5.14. The molecule has 0 aliphatic heterocycles. The Labute approximate surface area is 101 Å². The Bertz CT molecular complexity index is 470. The number of rotatable bonds is 4. The lowest BCUT2D eigenvalue weighted by molar-refractivity contribution is 0.555.